The number of carbonyl (C=O) groups is 10. The van der Waals surface area contributed by atoms with Crippen molar-refractivity contribution in [1.82, 2.24) is 36.0 Å². The molecule has 2 aromatic carbocycles. The Kier molecular flexibility index (Phi) is 33.0. The molecule has 1 heterocycles. The lowest BCUT2D eigenvalue weighted by molar-refractivity contribution is -0.148. The molecule has 12 atom stereocenters. The van der Waals surface area contributed by atoms with Crippen LogP contribution in [-0.2, 0) is 64.0 Å². The molecule has 0 spiro atoms. The number of allylic oxidation sites excluding steroid dienone is 2. The number of benzene rings is 2. The first-order valence-corrected chi connectivity index (χ1v) is 34.6. The van der Waals surface area contributed by atoms with E-state index in [4.69, 9.17) is 19.3 Å². The number of methoxy groups -OCH3 is 2. The lowest BCUT2D eigenvalue weighted by atomic mass is 9.76. The molecule has 546 valence electrons. The number of aliphatic carboxylic acids is 1. The second-order valence-corrected chi connectivity index (χ2v) is 28.3. The van der Waals surface area contributed by atoms with Gasteiger partial charge >= 0.3 is 12.1 Å². The lowest BCUT2D eigenvalue weighted by Crippen LogP contribution is -2.60. The van der Waals surface area contributed by atoms with Crippen molar-refractivity contribution < 1.29 is 77.5 Å². The molecule has 0 bridgehead atoms. The summed E-state index contributed by atoms with van der Waals surface area (Å²) in [6, 6.07) is 9.50. The van der Waals surface area contributed by atoms with Crippen molar-refractivity contribution in [2.24, 2.45) is 40.0 Å². The molecular formula is C73H113N9O16. The normalized spacial score (nSPS) is 18.3. The van der Waals surface area contributed by atoms with E-state index in [0.717, 1.165) is 0 Å². The van der Waals surface area contributed by atoms with Crippen LogP contribution in [0.25, 0.3) is 0 Å². The number of ketones is 1. The Morgan fingerprint density at radius 1 is 0.745 bits per heavy atom. The number of carboxylic acids is 1. The number of aliphatic imine (C=N–C) groups is 1. The number of amides is 8. The molecule has 0 aromatic heterocycles. The maximum atomic E-state index is 14.9. The average molecular weight is 1370 g/mol. The molecule has 25 heteroatoms. The number of hydrogen-bond acceptors (Lipinski definition) is 16. The van der Waals surface area contributed by atoms with E-state index in [2.05, 4.69) is 31.6 Å². The molecule has 0 radical (unpaired) electrons. The Morgan fingerprint density at radius 2 is 1.39 bits per heavy atom. The first-order chi connectivity index (χ1) is 46.1. The molecule has 4 rings (SSSR count). The van der Waals surface area contributed by atoms with Crippen LogP contribution in [0.3, 0.4) is 0 Å². The van der Waals surface area contributed by atoms with E-state index in [1.54, 1.807) is 116 Å². The molecule has 0 saturated carbocycles. The van der Waals surface area contributed by atoms with E-state index >= 15 is 0 Å². The van der Waals surface area contributed by atoms with Crippen LogP contribution in [-0.4, -0.2) is 191 Å². The molecule has 0 unspecified atom stereocenters. The summed E-state index contributed by atoms with van der Waals surface area (Å²) in [4.78, 5) is 145. The van der Waals surface area contributed by atoms with Gasteiger partial charge in [0.15, 0.2) is 5.78 Å². The zero-order chi connectivity index (χ0) is 73.5. The van der Waals surface area contributed by atoms with Crippen LogP contribution >= 0.6 is 0 Å². The van der Waals surface area contributed by atoms with Gasteiger partial charge in [0.05, 0.1) is 54.3 Å². The minimum atomic E-state index is -1.10. The Hall–Kier alpha value is -7.77. The molecule has 1 fully saturated rings. The summed E-state index contributed by atoms with van der Waals surface area (Å²) in [5.41, 5.74) is 1.81. The van der Waals surface area contributed by atoms with Gasteiger partial charge in [0.25, 0.3) is 0 Å². The van der Waals surface area contributed by atoms with E-state index in [1.807, 2.05) is 45.9 Å². The van der Waals surface area contributed by atoms with Gasteiger partial charge in [-0.25, -0.2) is 4.79 Å². The summed E-state index contributed by atoms with van der Waals surface area (Å²) in [5, 5.41) is 44.9. The van der Waals surface area contributed by atoms with Gasteiger partial charge in [0.2, 0.25) is 41.4 Å². The number of anilines is 1. The molecule has 1 saturated heterocycles. The van der Waals surface area contributed by atoms with Crippen LogP contribution in [0.1, 0.15) is 184 Å². The number of nitrogens with zero attached hydrogens (tertiary/aromatic N) is 4. The highest BCUT2D eigenvalue weighted by Gasteiger charge is 2.44. The van der Waals surface area contributed by atoms with Crippen LogP contribution in [0.15, 0.2) is 70.9 Å². The van der Waals surface area contributed by atoms with Crippen molar-refractivity contribution in [1.29, 1.82) is 0 Å². The summed E-state index contributed by atoms with van der Waals surface area (Å²) < 4.78 is 17.8. The lowest BCUT2D eigenvalue weighted by Gasteiger charge is -2.41. The number of carboxylic acid groups (broad SMARTS) is 1. The first-order valence-electron chi connectivity index (χ1n) is 34.6. The smallest absolute Gasteiger partial charge is 0.410 e. The van der Waals surface area contributed by atoms with Crippen molar-refractivity contribution in [3.05, 3.63) is 77.1 Å². The number of hydrogen-bond donors (Lipinski definition) is 8. The second kappa shape index (κ2) is 39.1. The number of nitrogens with one attached hydrogen (secondary N) is 5. The molecule has 8 amide bonds. The number of aliphatic hydroxyl groups excluding tert-OH is 2. The van der Waals surface area contributed by atoms with Gasteiger partial charge in [0, 0.05) is 78.5 Å². The Balaban J connectivity index is 1.43. The van der Waals surface area contributed by atoms with Gasteiger partial charge in [-0.15, -0.1) is 0 Å². The predicted octanol–water partition coefficient (Wildman–Crippen LogP) is 8.23. The molecular weight excluding hydrogens is 1260 g/mol. The summed E-state index contributed by atoms with van der Waals surface area (Å²) in [6.45, 7) is 24.0. The highest BCUT2D eigenvalue weighted by molar-refractivity contribution is 6.22. The fourth-order valence-electron chi connectivity index (χ4n) is 13.0. The number of unbranched alkanes of at least 4 members (excludes halogenated alkanes) is 1. The van der Waals surface area contributed by atoms with E-state index in [1.165, 1.54) is 26.2 Å². The number of Topliss-reactive ketones (excluding diaryl/α,β-unsaturated/α-hetero) is 1. The van der Waals surface area contributed by atoms with E-state index < -0.39 is 126 Å². The maximum absolute atomic E-state index is 14.9. The van der Waals surface area contributed by atoms with Crippen molar-refractivity contribution in [2.75, 3.05) is 46.7 Å². The van der Waals surface area contributed by atoms with Crippen LogP contribution in [0, 0.1) is 35.0 Å². The van der Waals surface area contributed by atoms with Gasteiger partial charge in [0.1, 0.15) is 36.5 Å². The summed E-state index contributed by atoms with van der Waals surface area (Å²) in [7, 11) is 6.08. The van der Waals surface area contributed by atoms with Crippen molar-refractivity contribution in [3.63, 3.8) is 0 Å². The van der Waals surface area contributed by atoms with Crippen LogP contribution in [0.4, 0.5) is 10.5 Å². The molecule has 8 N–H and O–H groups in total. The van der Waals surface area contributed by atoms with Crippen molar-refractivity contribution >= 4 is 70.6 Å². The average Bonchev–Trinajstić information content (AvgIpc) is 1.20. The van der Waals surface area contributed by atoms with Gasteiger partial charge in [-0.3, -0.25) is 53.0 Å². The standard InChI is InChI=1S/C73H113N9O16/c1-18-45(8)64(56(96-16)38-58(86)82-37-25-29-53(82)66(97-17)46(9)67(90)75-48(11)65(89)50-26-20-19-21-27-50)80(14)71(94)62(43(4)5)79-70(93)63(44(6)7)81(15)72(95)98-41-49-32-34-51(35-33-49)76-68(91)52(77-69(92)61(42(2)3)78-57(85)30-24-31-59(87)88)28-22-23-36-74-47(10)60-54(83)39-73(12,13)40-55(60)84/h19-21,26-27,32-35,42-46,48,52-53,56,61-66,83,89H,18,22-25,28-31,36-41H2,1-17H3,(H,75,90)(H,76,91)(H,77,92)(H,78,85)(H,79,93)(H,87,88)/t45-,46+,48+,52-,53-,56+,61-,62-,63-,64-,65+,66+/m1/s1. The second-order valence-electron chi connectivity index (χ2n) is 28.3. The third kappa shape index (κ3) is 24.0. The van der Waals surface area contributed by atoms with Gasteiger partial charge in [-0.1, -0.05) is 125 Å². The molecule has 2 aromatic rings. The third-order valence-corrected chi connectivity index (χ3v) is 18.8. The molecule has 98 heavy (non-hydrogen) atoms. The van der Waals surface area contributed by atoms with Gasteiger partial charge in [-0.05, 0) is 105 Å². The van der Waals surface area contributed by atoms with Gasteiger partial charge in [-0.2, -0.15) is 0 Å². The number of aliphatic hydroxyl groups is 2. The maximum Gasteiger partial charge on any atom is 0.410 e. The minimum Gasteiger partial charge on any atom is -0.511 e. The molecule has 1 aliphatic heterocycles. The molecule has 25 nitrogen and oxygen atoms in total. The minimum absolute atomic E-state index is 0.00592. The Labute approximate surface area is 579 Å². The zero-order valence-electron chi connectivity index (χ0n) is 60.9. The van der Waals surface area contributed by atoms with Crippen molar-refractivity contribution in [2.45, 2.75) is 234 Å². The van der Waals surface area contributed by atoms with E-state index in [0.29, 0.717) is 67.6 Å². The number of likely N-dealkylation sites (N-methyl/N-ethyl adjacent to an activating group) is 2. The fraction of sp³-hybridized carbons (Fsp3) is 0.658. The fourth-order valence-corrected chi connectivity index (χ4v) is 13.0. The monoisotopic (exact) mass is 1370 g/mol. The zero-order valence-corrected chi connectivity index (χ0v) is 60.9. The van der Waals surface area contributed by atoms with Crippen LogP contribution < -0.4 is 26.6 Å². The number of likely N-dealkylation sites (tertiary alicyclic amines) is 1. The SMILES string of the molecule is CC[C@@H](C)[C@H]([C@H](CC(=O)N1CCC[C@@H]1[C@@H](OC)[C@H](C)C(=O)N[C@@H](C)[C@H](O)c1ccccc1)OC)N(C)C(=O)[C@H](NC(=O)[C@@H](C(C)C)N(C)C(=O)OCc1ccc(NC(=O)[C@@H](CCCCN=C(C)C2=C(O)CC(C)(C)CC2=O)NC(=O)[C@H](NC(=O)CCCC(=O)O)C(C)C)cc1)C(C)C. The van der Waals surface area contributed by atoms with Crippen LogP contribution in [0.5, 0.6) is 0 Å². The Morgan fingerprint density at radius 3 is 1.96 bits per heavy atom. The van der Waals surface area contributed by atoms with Crippen molar-refractivity contribution in [3.8, 4) is 0 Å². The summed E-state index contributed by atoms with van der Waals surface area (Å²) >= 11 is 0. The highest BCUT2D eigenvalue weighted by atomic mass is 16.6. The molecule has 2 aliphatic rings. The number of rotatable bonds is 38. The largest absolute Gasteiger partial charge is 0.511 e. The third-order valence-electron chi connectivity index (χ3n) is 18.8. The number of carbonyl (C=O) groups excluding carboxylic acids is 9. The first kappa shape index (κ1) is 82.7. The Bertz CT molecular complexity index is 3080. The van der Waals surface area contributed by atoms with E-state index in [9.17, 15) is 58.2 Å². The van der Waals surface area contributed by atoms with Gasteiger partial charge < -0.3 is 65.9 Å². The molecule has 1 aliphatic carbocycles. The summed E-state index contributed by atoms with van der Waals surface area (Å²) in [5.74, 6) is -6.68. The number of ether oxygens (including phenoxy) is 3. The van der Waals surface area contributed by atoms with E-state index in [-0.39, 0.29) is 91.9 Å². The quantitative estimate of drug-likeness (QED) is 0.0232. The topological polar surface area (TPSA) is 341 Å². The summed E-state index contributed by atoms with van der Waals surface area (Å²) in [6.07, 6.45) is -0.0736. The predicted molar refractivity (Wildman–Crippen MR) is 373 cm³/mol. The van der Waals surface area contributed by atoms with Crippen LogP contribution in [0.2, 0.25) is 0 Å². The highest BCUT2D eigenvalue weighted by Crippen LogP contribution is 2.36.